The molecular formula is C40H46N4O6. The predicted octanol–water partition coefficient (Wildman–Crippen LogP) is 7.16. The van der Waals surface area contributed by atoms with Crippen molar-refractivity contribution >= 4 is 18.0 Å². The fraction of sp³-hybridized carbons (Fsp3) is 0.375. The van der Waals surface area contributed by atoms with Crippen molar-refractivity contribution in [3.8, 4) is 28.3 Å². The van der Waals surface area contributed by atoms with Crippen LogP contribution >= 0.6 is 0 Å². The molecular weight excluding hydrogens is 632 g/mol. The maximum atomic E-state index is 13.8. The first-order chi connectivity index (χ1) is 24.4. The van der Waals surface area contributed by atoms with Crippen LogP contribution in [0.1, 0.15) is 63.0 Å². The number of unbranched alkanes of at least 4 members (excludes halogenated alkanes) is 4. The second kappa shape index (κ2) is 18.5. The fourth-order valence-electron chi connectivity index (χ4n) is 6.01. The molecule has 262 valence electrons. The van der Waals surface area contributed by atoms with Crippen LogP contribution in [0.15, 0.2) is 91.3 Å². The molecule has 3 aromatic carbocycles. The second-order valence-electron chi connectivity index (χ2n) is 12.5. The standard InChI is InChI=1S/C40H46N4O6/c1-3-4-5-6-10-24-49-34-21-19-31(20-22-34)33-26-41-37(42-27-33)32-17-15-29(16-18-32)25-35(38(45)44-23-11-14-36(44)39(46)48-2)43-40(47)50-28-30-12-8-7-9-13-30/h7-9,12-13,15-22,26-27,35-36H,3-6,10-11,14,23-25,28H2,1-2H3,(H,43,47)/t35-,36-/m0/s1. The van der Waals surface area contributed by atoms with Gasteiger partial charge in [0.25, 0.3) is 0 Å². The van der Waals surface area contributed by atoms with E-state index in [0.717, 1.165) is 46.6 Å². The Morgan fingerprint density at radius 3 is 2.24 bits per heavy atom. The Bertz CT molecular complexity index is 1660. The molecule has 5 rings (SSSR count). The highest BCUT2D eigenvalue weighted by Gasteiger charge is 2.38. The summed E-state index contributed by atoms with van der Waals surface area (Å²) in [6.07, 6.45) is 10.3. The molecule has 10 nitrogen and oxygen atoms in total. The van der Waals surface area contributed by atoms with Crippen LogP contribution in [0, 0.1) is 0 Å². The molecule has 1 aliphatic heterocycles. The number of carbonyl (C=O) groups is 3. The minimum atomic E-state index is -0.951. The molecule has 1 aliphatic rings. The SMILES string of the molecule is CCCCCCCOc1ccc(-c2cnc(-c3ccc(C[C@H](NC(=O)OCc4ccccc4)C(=O)N4CCC[C@H]4C(=O)OC)cc3)nc2)cc1. The summed E-state index contributed by atoms with van der Waals surface area (Å²) in [7, 11) is 1.31. The van der Waals surface area contributed by atoms with Gasteiger partial charge in [0.05, 0.1) is 13.7 Å². The van der Waals surface area contributed by atoms with Gasteiger partial charge in [-0.3, -0.25) is 4.79 Å². The Morgan fingerprint density at radius 1 is 0.840 bits per heavy atom. The van der Waals surface area contributed by atoms with E-state index in [1.807, 2.05) is 78.9 Å². The number of methoxy groups -OCH3 is 1. The summed E-state index contributed by atoms with van der Waals surface area (Å²) in [4.78, 5) is 49.7. The van der Waals surface area contributed by atoms with Crippen molar-refractivity contribution < 1.29 is 28.6 Å². The molecule has 0 bridgehead atoms. The summed E-state index contributed by atoms with van der Waals surface area (Å²) in [5.74, 6) is 0.594. The number of hydrogen-bond donors (Lipinski definition) is 1. The van der Waals surface area contributed by atoms with Crippen LogP contribution < -0.4 is 10.1 Å². The molecule has 2 atom stereocenters. The smallest absolute Gasteiger partial charge is 0.408 e. The van der Waals surface area contributed by atoms with Gasteiger partial charge in [0, 0.05) is 36.5 Å². The molecule has 1 N–H and O–H groups in total. The molecule has 1 saturated heterocycles. The Labute approximate surface area is 294 Å². The number of hydrogen-bond acceptors (Lipinski definition) is 8. The van der Waals surface area contributed by atoms with Gasteiger partial charge >= 0.3 is 12.1 Å². The third-order valence-electron chi connectivity index (χ3n) is 8.82. The van der Waals surface area contributed by atoms with Gasteiger partial charge in [-0.2, -0.15) is 0 Å². The highest BCUT2D eigenvalue weighted by Crippen LogP contribution is 2.25. The highest BCUT2D eigenvalue weighted by atomic mass is 16.5. The summed E-state index contributed by atoms with van der Waals surface area (Å²) < 4.78 is 16.3. The fourth-order valence-corrected chi connectivity index (χ4v) is 6.01. The number of amides is 2. The molecule has 1 aromatic heterocycles. The van der Waals surface area contributed by atoms with E-state index in [4.69, 9.17) is 14.2 Å². The minimum absolute atomic E-state index is 0.0640. The lowest BCUT2D eigenvalue weighted by Crippen LogP contribution is -2.52. The van der Waals surface area contributed by atoms with Gasteiger partial charge in [-0.05, 0) is 48.1 Å². The molecule has 0 spiro atoms. The zero-order valence-electron chi connectivity index (χ0n) is 28.9. The minimum Gasteiger partial charge on any atom is -0.494 e. The predicted molar refractivity (Wildman–Crippen MR) is 191 cm³/mol. The first kappa shape index (κ1) is 36.0. The zero-order chi connectivity index (χ0) is 35.1. The molecule has 0 saturated carbocycles. The third kappa shape index (κ3) is 10.1. The Balaban J connectivity index is 1.21. The summed E-state index contributed by atoms with van der Waals surface area (Å²) in [5.41, 5.74) is 4.35. The van der Waals surface area contributed by atoms with Crippen LogP contribution in [0.5, 0.6) is 5.75 Å². The van der Waals surface area contributed by atoms with Gasteiger partial charge in [-0.15, -0.1) is 0 Å². The van der Waals surface area contributed by atoms with E-state index >= 15 is 0 Å². The molecule has 0 radical (unpaired) electrons. The Morgan fingerprint density at radius 2 is 1.54 bits per heavy atom. The van der Waals surface area contributed by atoms with Crippen LogP contribution in [0.2, 0.25) is 0 Å². The lowest BCUT2D eigenvalue weighted by Gasteiger charge is -2.28. The van der Waals surface area contributed by atoms with Crippen LogP contribution in [0.25, 0.3) is 22.5 Å². The lowest BCUT2D eigenvalue weighted by atomic mass is 10.0. The third-order valence-corrected chi connectivity index (χ3v) is 8.82. The van der Waals surface area contributed by atoms with Crippen molar-refractivity contribution in [1.29, 1.82) is 0 Å². The van der Waals surface area contributed by atoms with Crippen LogP contribution in [-0.4, -0.2) is 65.2 Å². The summed E-state index contributed by atoms with van der Waals surface area (Å²) in [6, 6.07) is 23.2. The number of likely N-dealkylation sites (tertiary alicyclic amines) is 1. The van der Waals surface area contributed by atoms with Crippen molar-refractivity contribution in [2.24, 2.45) is 0 Å². The topological polar surface area (TPSA) is 120 Å². The van der Waals surface area contributed by atoms with Crippen LogP contribution in [0.4, 0.5) is 4.79 Å². The van der Waals surface area contributed by atoms with Crippen molar-refractivity contribution in [3.63, 3.8) is 0 Å². The van der Waals surface area contributed by atoms with Crippen molar-refractivity contribution in [2.45, 2.75) is 77.0 Å². The summed E-state index contributed by atoms with van der Waals surface area (Å²) in [5, 5.41) is 2.74. The molecule has 2 amide bonds. The van der Waals surface area contributed by atoms with Crippen LogP contribution in [0.3, 0.4) is 0 Å². The van der Waals surface area contributed by atoms with Gasteiger partial charge in [0.15, 0.2) is 5.82 Å². The molecule has 2 heterocycles. The quantitative estimate of drug-likeness (QED) is 0.0980. The number of nitrogens with zero attached hydrogens (tertiary/aromatic N) is 3. The lowest BCUT2D eigenvalue weighted by molar-refractivity contribution is -0.151. The average Bonchev–Trinajstić information content (AvgIpc) is 3.66. The number of carbonyl (C=O) groups excluding carboxylic acids is 3. The van der Waals surface area contributed by atoms with E-state index in [1.165, 1.54) is 37.7 Å². The molecule has 50 heavy (non-hydrogen) atoms. The van der Waals surface area contributed by atoms with Gasteiger partial charge in [0.1, 0.15) is 24.4 Å². The van der Waals surface area contributed by atoms with E-state index in [9.17, 15) is 14.4 Å². The van der Waals surface area contributed by atoms with Crippen molar-refractivity contribution in [3.05, 3.63) is 102 Å². The number of esters is 1. The molecule has 0 unspecified atom stereocenters. The van der Waals surface area contributed by atoms with E-state index in [2.05, 4.69) is 22.2 Å². The number of alkyl carbamates (subject to hydrolysis) is 1. The maximum Gasteiger partial charge on any atom is 0.408 e. The number of benzene rings is 3. The van der Waals surface area contributed by atoms with Crippen molar-refractivity contribution in [2.75, 3.05) is 20.3 Å². The van der Waals surface area contributed by atoms with Crippen molar-refractivity contribution in [1.82, 2.24) is 20.2 Å². The number of aromatic nitrogens is 2. The Hall–Kier alpha value is -5.25. The van der Waals surface area contributed by atoms with Gasteiger partial charge < -0.3 is 24.4 Å². The zero-order valence-corrected chi connectivity index (χ0v) is 28.9. The van der Waals surface area contributed by atoms with Gasteiger partial charge in [0.2, 0.25) is 5.91 Å². The van der Waals surface area contributed by atoms with E-state index in [1.54, 1.807) is 12.4 Å². The number of ether oxygens (including phenoxy) is 3. The molecule has 4 aromatic rings. The Kier molecular flexibility index (Phi) is 13.3. The van der Waals surface area contributed by atoms with E-state index in [0.29, 0.717) is 25.2 Å². The molecule has 0 aliphatic carbocycles. The normalized spacial score (nSPS) is 14.5. The monoisotopic (exact) mass is 678 g/mol. The number of nitrogens with one attached hydrogen (secondary N) is 1. The summed E-state index contributed by atoms with van der Waals surface area (Å²) >= 11 is 0. The molecule has 10 heteroatoms. The highest BCUT2D eigenvalue weighted by molar-refractivity contribution is 5.90. The number of rotatable bonds is 16. The van der Waals surface area contributed by atoms with E-state index < -0.39 is 24.1 Å². The average molecular weight is 679 g/mol. The second-order valence-corrected chi connectivity index (χ2v) is 12.5. The largest absolute Gasteiger partial charge is 0.494 e. The maximum absolute atomic E-state index is 13.8. The summed E-state index contributed by atoms with van der Waals surface area (Å²) in [6.45, 7) is 3.41. The van der Waals surface area contributed by atoms with Crippen LogP contribution in [-0.2, 0) is 32.1 Å². The van der Waals surface area contributed by atoms with E-state index in [-0.39, 0.29) is 18.9 Å². The van der Waals surface area contributed by atoms with Gasteiger partial charge in [-0.25, -0.2) is 19.6 Å². The molecule has 1 fully saturated rings. The first-order valence-corrected chi connectivity index (χ1v) is 17.4. The van der Waals surface area contributed by atoms with Gasteiger partial charge in [-0.1, -0.05) is 99.3 Å². The first-order valence-electron chi connectivity index (χ1n) is 17.4.